The van der Waals surface area contributed by atoms with Gasteiger partial charge in [0.15, 0.2) is 12.2 Å². The van der Waals surface area contributed by atoms with E-state index in [1.807, 2.05) is 18.5 Å². The predicted octanol–water partition coefficient (Wildman–Crippen LogP) is 3.62. The summed E-state index contributed by atoms with van der Waals surface area (Å²) < 4.78 is 5.54. The van der Waals surface area contributed by atoms with Gasteiger partial charge in [-0.2, -0.15) is 0 Å². The lowest BCUT2D eigenvalue weighted by Gasteiger charge is -2.42. The molecule has 166 valence electrons. The number of nitrogen functional groups attached to an aromatic ring is 1. The largest absolute Gasteiger partial charge is 0.447 e. The Balaban J connectivity index is 1.16. The molecule has 4 N–H and O–H groups in total. The summed E-state index contributed by atoms with van der Waals surface area (Å²) in [5.41, 5.74) is 16.4. The predicted molar refractivity (Wildman–Crippen MR) is 123 cm³/mol. The average molecular weight is 450 g/mol. The summed E-state index contributed by atoms with van der Waals surface area (Å²) in [6.07, 6.45) is 10.5. The number of nitrogens with zero attached hydrogens (tertiary/aromatic N) is 5. The van der Waals surface area contributed by atoms with Crippen molar-refractivity contribution in [3.8, 4) is 0 Å². The average Bonchev–Trinajstić information content (AvgIpc) is 3.49. The molecule has 3 aromatic rings. The highest BCUT2D eigenvalue weighted by Gasteiger charge is 2.48. The second kappa shape index (κ2) is 7.45. The van der Waals surface area contributed by atoms with Crippen LogP contribution >= 0.6 is 11.8 Å². The number of hydrogen-bond acceptors (Lipinski definition) is 9. The van der Waals surface area contributed by atoms with Crippen LogP contribution in [0, 0.1) is 12.3 Å². The fourth-order valence-corrected chi connectivity index (χ4v) is 6.03. The van der Waals surface area contributed by atoms with E-state index in [1.165, 1.54) is 30.5 Å². The summed E-state index contributed by atoms with van der Waals surface area (Å²) in [6, 6.07) is 1.95. The first-order valence-electron chi connectivity index (χ1n) is 11.2. The van der Waals surface area contributed by atoms with E-state index in [4.69, 9.17) is 20.9 Å². The normalized spacial score (nSPS) is 21.8. The Morgan fingerprint density at radius 2 is 2.00 bits per heavy atom. The van der Waals surface area contributed by atoms with Crippen molar-refractivity contribution in [2.45, 2.75) is 60.9 Å². The van der Waals surface area contributed by atoms with Crippen molar-refractivity contribution < 1.29 is 4.42 Å². The van der Waals surface area contributed by atoms with Crippen LogP contribution in [-0.2, 0) is 6.42 Å². The molecule has 9 heteroatoms. The molecular formula is C23H27N7OS. The molecule has 0 bridgehead atoms. The maximum Gasteiger partial charge on any atom is 0.181 e. The molecular weight excluding hydrogens is 422 g/mol. The number of oxazole rings is 1. The van der Waals surface area contributed by atoms with E-state index < -0.39 is 0 Å². The summed E-state index contributed by atoms with van der Waals surface area (Å²) in [6.45, 7) is 3.87. The third-order valence-corrected chi connectivity index (χ3v) is 8.50. The van der Waals surface area contributed by atoms with E-state index in [0.29, 0.717) is 11.7 Å². The lowest BCUT2D eigenvalue weighted by atomic mass is 9.73. The molecule has 32 heavy (non-hydrogen) atoms. The maximum atomic E-state index is 6.54. The molecule has 2 fully saturated rings. The Kier molecular flexibility index (Phi) is 4.65. The van der Waals surface area contributed by atoms with Crippen molar-refractivity contribution in [3.05, 3.63) is 47.6 Å². The maximum absolute atomic E-state index is 6.54. The van der Waals surface area contributed by atoms with Crippen molar-refractivity contribution in [2.24, 2.45) is 11.1 Å². The van der Waals surface area contributed by atoms with Crippen molar-refractivity contribution in [1.29, 1.82) is 0 Å². The number of fused-ring (bicyclic) bond motifs is 1. The van der Waals surface area contributed by atoms with Gasteiger partial charge < -0.3 is 20.8 Å². The molecule has 4 heterocycles. The van der Waals surface area contributed by atoms with Gasteiger partial charge in [-0.1, -0.05) is 11.8 Å². The molecule has 2 aliphatic carbocycles. The SMILES string of the molecule is Cc1c(Sc2ncc(N3CCC4(CC3)Cc3ncoc3[C@H]4N)nc2N)ccnc1C1CC1. The zero-order chi connectivity index (χ0) is 21.9. The lowest BCUT2D eigenvalue weighted by Crippen LogP contribution is -2.44. The highest BCUT2D eigenvalue weighted by molar-refractivity contribution is 7.99. The van der Waals surface area contributed by atoms with E-state index in [0.717, 1.165) is 59.5 Å². The zero-order valence-corrected chi connectivity index (χ0v) is 18.9. The summed E-state index contributed by atoms with van der Waals surface area (Å²) in [5.74, 6) is 2.78. The second-order valence-corrected chi connectivity index (χ2v) is 10.3. The monoisotopic (exact) mass is 449 g/mol. The van der Waals surface area contributed by atoms with Gasteiger partial charge in [0.2, 0.25) is 0 Å². The van der Waals surface area contributed by atoms with Gasteiger partial charge in [0.25, 0.3) is 0 Å². The Morgan fingerprint density at radius 3 is 2.72 bits per heavy atom. The van der Waals surface area contributed by atoms with Crippen molar-refractivity contribution in [3.63, 3.8) is 0 Å². The third kappa shape index (κ3) is 3.26. The van der Waals surface area contributed by atoms with Gasteiger partial charge >= 0.3 is 0 Å². The molecule has 1 saturated heterocycles. The number of hydrogen-bond donors (Lipinski definition) is 2. The third-order valence-electron chi connectivity index (χ3n) is 7.33. The van der Waals surface area contributed by atoms with E-state index in [-0.39, 0.29) is 11.5 Å². The van der Waals surface area contributed by atoms with E-state index in [9.17, 15) is 0 Å². The highest BCUT2D eigenvalue weighted by atomic mass is 32.2. The summed E-state index contributed by atoms with van der Waals surface area (Å²) >= 11 is 1.57. The van der Waals surface area contributed by atoms with Crippen LogP contribution in [0.1, 0.15) is 60.4 Å². The molecule has 1 aliphatic heterocycles. The number of piperidine rings is 1. The smallest absolute Gasteiger partial charge is 0.181 e. The topological polar surface area (TPSA) is 120 Å². The fourth-order valence-electron chi connectivity index (χ4n) is 5.18. The first kappa shape index (κ1) is 20.0. The number of anilines is 2. The minimum atomic E-state index is -0.0822. The molecule has 0 amide bonds. The number of nitrogens with two attached hydrogens (primary N) is 2. The van der Waals surface area contributed by atoms with Gasteiger partial charge in [0.05, 0.1) is 17.9 Å². The Hall–Kier alpha value is -2.65. The summed E-state index contributed by atoms with van der Waals surface area (Å²) in [4.78, 5) is 21.7. The molecule has 0 radical (unpaired) electrons. The Morgan fingerprint density at radius 1 is 1.19 bits per heavy atom. The number of rotatable bonds is 4. The van der Waals surface area contributed by atoms with Crippen LogP contribution in [0.15, 0.2) is 39.2 Å². The van der Waals surface area contributed by atoms with Crippen LogP contribution in [0.5, 0.6) is 0 Å². The van der Waals surface area contributed by atoms with Crippen molar-refractivity contribution >= 4 is 23.4 Å². The van der Waals surface area contributed by atoms with Gasteiger partial charge in [-0.3, -0.25) is 4.98 Å². The zero-order valence-electron chi connectivity index (χ0n) is 18.1. The molecule has 3 aromatic heterocycles. The van der Waals surface area contributed by atoms with Gasteiger partial charge in [0.1, 0.15) is 16.6 Å². The quantitative estimate of drug-likeness (QED) is 0.615. The van der Waals surface area contributed by atoms with Crippen molar-refractivity contribution in [2.75, 3.05) is 23.7 Å². The van der Waals surface area contributed by atoms with Crippen molar-refractivity contribution in [1.82, 2.24) is 19.9 Å². The van der Waals surface area contributed by atoms with Gasteiger partial charge in [0, 0.05) is 47.6 Å². The molecule has 3 aliphatic rings. The highest BCUT2D eigenvalue weighted by Crippen LogP contribution is 2.50. The second-order valence-electron chi connectivity index (χ2n) is 9.28. The van der Waals surface area contributed by atoms with E-state index >= 15 is 0 Å². The van der Waals surface area contributed by atoms with Crippen LogP contribution in [0.4, 0.5) is 11.6 Å². The Labute approximate surface area is 191 Å². The van der Waals surface area contributed by atoms with Crippen LogP contribution in [0.2, 0.25) is 0 Å². The molecule has 1 saturated carbocycles. The van der Waals surface area contributed by atoms with Crippen LogP contribution in [0.25, 0.3) is 0 Å². The minimum Gasteiger partial charge on any atom is -0.447 e. The Bertz CT molecular complexity index is 1170. The fraction of sp³-hybridized carbons (Fsp3) is 0.478. The van der Waals surface area contributed by atoms with Crippen LogP contribution in [0.3, 0.4) is 0 Å². The van der Waals surface area contributed by atoms with Gasteiger partial charge in [-0.15, -0.1) is 0 Å². The standard InChI is InChI=1S/C23H27N7OS/c1-13-16(4-7-26-18(13)14-2-3-14)32-22-21(25)29-17(11-27-22)30-8-5-23(6-9-30)10-15-19(20(23)24)31-12-28-15/h4,7,11-12,14,20H,2-3,5-6,8-10,24H2,1H3,(H2,25,29)/t20-/m1/s1. The molecule has 6 rings (SSSR count). The van der Waals surface area contributed by atoms with E-state index in [1.54, 1.807) is 11.8 Å². The molecule has 1 spiro atoms. The van der Waals surface area contributed by atoms with Crippen LogP contribution < -0.4 is 16.4 Å². The minimum absolute atomic E-state index is 0.0336. The molecule has 0 aromatic carbocycles. The first-order chi connectivity index (χ1) is 15.5. The molecule has 0 unspecified atom stereocenters. The molecule has 1 atom stereocenters. The van der Waals surface area contributed by atoms with Crippen LogP contribution in [-0.4, -0.2) is 33.0 Å². The first-order valence-corrected chi connectivity index (χ1v) is 12.0. The van der Waals surface area contributed by atoms with E-state index in [2.05, 4.69) is 26.8 Å². The summed E-state index contributed by atoms with van der Waals surface area (Å²) in [5, 5.41) is 0.742. The van der Waals surface area contributed by atoms with Gasteiger partial charge in [-0.05, 0) is 44.2 Å². The molecule has 8 nitrogen and oxygen atoms in total. The van der Waals surface area contributed by atoms with Gasteiger partial charge in [-0.25, -0.2) is 15.0 Å². The lowest BCUT2D eigenvalue weighted by molar-refractivity contribution is 0.173. The summed E-state index contributed by atoms with van der Waals surface area (Å²) in [7, 11) is 0. The number of aromatic nitrogens is 4. The number of pyridine rings is 1.